The van der Waals surface area contributed by atoms with Gasteiger partial charge in [-0.2, -0.15) is 12.6 Å². The van der Waals surface area contributed by atoms with Crippen molar-refractivity contribution in [2.45, 2.75) is 31.0 Å². The van der Waals surface area contributed by atoms with E-state index in [1.54, 1.807) is 0 Å². The van der Waals surface area contributed by atoms with Crippen LogP contribution in [0.1, 0.15) is 11.8 Å². The Hall–Kier alpha value is -1.13. The smallest absolute Gasteiger partial charge is 0.330 e. The fourth-order valence-electron chi connectivity index (χ4n) is 2.12. The number of aromatic nitrogens is 2. The minimum Gasteiger partial charge on any atom is -0.394 e. The Bertz CT molecular complexity index is 585. The van der Waals surface area contributed by atoms with Crippen molar-refractivity contribution in [1.29, 1.82) is 0 Å². The average molecular weight is 304 g/mol. The first-order valence-electron chi connectivity index (χ1n) is 6.07. The average Bonchev–Trinajstić information content (AvgIpc) is 2.70. The number of nitrogens with zero attached hydrogens (tertiary/aromatic N) is 1. The Balaban J connectivity index is 2.40. The van der Waals surface area contributed by atoms with Gasteiger partial charge in [0.2, 0.25) is 0 Å². The van der Waals surface area contributed by atoms with E-state index in [-0.39, 0.29) is 0 Å². The molecule has 112 valence electrons. The number of H-pyrrole nitrogens is 1. The van der Waals surface area contributed by atoms with E-state index in [2.05, 4.69) is 17.6 Å². The third-order valence-corrected chi connectivity index (χ3v) is 3.44. The molecule has 0 unspecified atom stereocenters. The van der Waals surface area contributed by atoms with E-state index < -0.39 is 42.4 Å². The van der Waals surface area contributed by atoms with Crippen molar-refractivity contribution in [3.8, 4) is 0 Å². The van der Waals surface area contributed by atoms with E-state index in [0.29, 0.717) is 17.7 Å². The van der Waals surface area contributed by atoms with Gasteiger partial charge in [0.1, 0.15) is 18.3 Å². The zero-order valence-electron chi connectivity index (χ0n) is 10.5. The van der Waals surface area contributed by atoms with E-state index >= 15 is 0 Å². The number of rotatable bonds is 4. The summed E-state index contributed by atoms with van der Waals surface area (Å²) in [7, 11) is 0. The van der Waals surface area contributed by atoms with E-state index in [1.165, 1.54) is 6.20 Å². The van der Waals surface area contributed by atoms with Crippen molar-refractivity contribution < 1.29 is 20.1 Å². The van der Waals surface area contributed by atoms with E-state index in [9.17, 15) is 19.8 Å². The summed E-state index contributed by atoms with van der Waals surface area (Å²) in [6, 6.07) is 0. The summed E-state index contributed by atoms with van der Waals surface area (Å²) in [5.41, 5.74) is -0.961. The van der Waals surface area contributed by atoms with Crippen molar-refractivity contribution in [1.82, 2.24) is 9.55 Å². The zero-order chi connectivity index (χ0) is 14.9. The van der Waals surface area contributed by atoms with Crippen molar-refractivity contribution in [3.63, 3.8) is 0 Å². The standard InChI is InChI=1S/C11H16N2O6S/c14-4-6-7(15)8(16)10(19-6)13-3-5(1-2-20)9(17)12-11(13)18/h3,6-8,10,14-16,20H,1-2,4H2,(H,12,17,18)/t6-,7-,8-,10-/m1/s1. The van der Waals surface area contributed by atoms with Crippen molar-refractivity contribution in [2.75, 3.05) is 12.4 Å². The summed E-state index contributed by atoms with van der Waals surface area (Å²) in [4.78, 5) is 25.5. The molecule has 2 rings (SSSR count). The molecule has 1 fully saturated rings. The minimum atomic E-state index is -1.38. The van der Waals surface area contributed by atoms with Gasteiger partial charge in [0.25, 0.3) is 5.56 Å². The second-order valence-electron chi connectivity index (χ2n) is 4.52. The maximum Gasteiger partial charge on any atom is 0.330 e. The fraction of sp³-hybridized carbons (Fsp3) is 0.636. The number of aromatic amines is 1. The molecule has 4 atom stereocenters. The normalized spacial score (nSPS) is 29.8. The number of hydrogen-bond donors (Lipinski definition) is 5. The van der Waals surface area contributed by atoms with E-state index in [1.807, 2.05) is 0 Å². The van der Waals surface area contributed by atoms with Crippen LogP contribution in [0.2, 0.25) is 0 Å². The van der Waals surface area contributed by atoms with Crippen LogP contribution in [-0.2, 0) is 11.2 Å². The lowest BCUT2D eigenvalue weighted by Gasteiger charge is -2.17. The molecule has 8 nitrogen and oxygen atoms in total. The van der Waals surface area contributed by atoms with Crippen LogP contribution in [-0.4, -0.2) is 55.5 Å². The molecular weight excluding hydrogens is 288 g/mol. The van der Waals surface area contributed by atoms with Crippen LogP contribution in [0, 0.1) is 0 Å². The van der Waals surface area contributed by atoms with E-state index in [0.717, 1.165) is 4.57 Å². The van der Waals surface area contributed by atoms with Crippen molar-refractivity contribution >= 4 is 12.6 Å². The molecule has 0 saturated carbocycles. The topological polar surface area (TPSA) is 125 Å². The molecule has 0 spiro atoms. The molecule has 1 aromatic rings. The minimum absolute atomic E-state index is 0.317. The maximum atomic E-state index is 11.8. The summed E-state index contributed by atoms with van der Waals surface area (Å²) in [6.07, 6.45) is -3.21. The molecule has 0 aliphatic carbocycles. The third-order valence-electron chi connectivity index (χ3n) is 3.21. The Morgan fingerprint density at radius 1 is 1.35 bits per heavy atom. The highest BCUT2D eigenvalue weighted by Crippen LogP contribution is 2.27. The van der Waals surface area contributed by atoms with Crippen molar-refractivity contribution in [2.24, 2.45) is 0 Å². The molecule has 0 radical (unpaired) electrons. The van der Waals surface area contributed by atoms with Gasteiger partial charge in [-0.3, -0.25) is 14.3 Å². The lowest BCUT2D eigenvalue weighted by Crippen LogP contribution is -2.39. The molecule has 9 heteroatoms. The van der Waals surface area contributed by atoms with Crippen LogP contribution < -0.4 is 11.2 Å². The summed E-state index contributed by atoms with van der Waals surface area (Å²) in [6.45, 7) is -0.490. The number of aliphatic hydroxyl groups is 3. The number of nitrogens with one attached hydrogen (secondary N) is 1. The van der Waals surface area contributed by atoms with Gasteiger partial charge in [-0.25, -0.2) is 4.79 Å². The van der Waals surface area contributed by atoms with Gasteiger partial charge in [0, 0.05) is 11.8 Å². The molecule has 1 saturated heterocycles. The fourth-order valence-corrected chi connectivity index (χ4v) is 2.37. The summed E-state index contributed by atoms with van der Waals surface area (Å²) in [5.74, 6) is 0.414. The van der Waals surface area contributed by atoms with Crippen LogP contribution in [0.3, 0.4) is 0 Å². The summed E-state index contributed by atoms with van der Waals surface area (Å²) < 4.78 is 6.25. The van der Waals surface area contributed by atoms with E-state index in [4.69, 9.17) is 9.84 Å². The predicted octanol–water partition coefficient (Wildman–Crippen LogP) is -2.38. The lowest BCUT2D eigenvalue weighted by molar-refractivity contribution is -0.0551. The Labute approximate surface area is 119 Å². The van der Waals surface area contributed by atoms with Crippen LogP contribution in [0.15, 0.2) is 15.8 Å². The number of thiol groups is 1. The largest absolute Gasteiger partial charge is 0.394 e. The maximum absolute atomic E-state index is 11.8. The molecule has 0 bridgehead atoms. The highest BCUT2D eigenvalue weighted by molar-refractivity contribution is 7.80. The zero-order valence-corrected chi connectivity index (χ0v) is 11.4. The number of aryl methyl sites for hydroxylation is 1. The number of hydrogen-bond acceptors (Lipinski definition) is 7. The molecule has 1 aliphatic heterocycles. The van der Waals surface area contributed by atoms with Gasteiger partial charge in [-0.1, -0.05) is 0 Å². The summed E-state index contributed by atoms with van der Waals surface area (Å²) in [5, 5.41) is 28.6. The van der Waals surface area contributed by atoms with Crippen LogP contribution in [0.5, 0.6) is 0 Å². The van der Waals surface area contributed by atoms with Gasteiger partial charge in [0.15, 0.2) is 6.23 Å². The number of ether oxygens (including phenoxy) is 1. The van der Waals surface area contributed by atoms with Gasteiger partial charge in [-0.15, -0.1) is 0 Å². The first-order valence-corrected chi connectivity index (χ1v) is 6.70. The molecule has 0 amide bonds. The predicted molar refractivity (Wildman–Crippen MR) is 71.9 cm³/mol. The molecule has 1 aliphatic rings. The van der Waals surface area contributed by atoms with Gasteiger partial charge in [0.05, 0.1) is 6.61 Å². The molecule has 4 N–H and O–H groups in total. The highest BCUT2D eigenvalue weighted by atomic mass is 32.1. The first-order chi connectivity index (χ1) is 9.49. The first kappa shape index (κ1) is 15.3. The van der Waals surface area contributed by atoms with Gasteiger partial charge < -0.3 is 20.1 Å². The lowest BCUT2D eigenvalue weighted by atomic mass is 10.1. The Kier molecular flexibility index (Phi) is 4.66. The Morgan fingerprint density at radius 2 is 2.05 bits per heavy atom. The van der Waals surface area contributed by atoms with Crippen LogP contribution in [0.25, 0.3) is 0 Å². The Morgan fingerprint density at radius 3 is 2.60 bits per heavy atom. The molecule has 1 aromatic heterocycles. The molecule has 0 aromatic carbocycles. The quantitative estimate of drug-likeness (QED) is 0.396. The summed E-state index contributed by atoms with van der Waals surface area (Å²) >= 11 is 4.02. The second-order valence-corrected chi connectivity index (χ2v) is 4.97. The molecular formula is C11H16N2O6S. The van der Waals surface area contributed by atoms with Crippen molar-refractivity contribution in [3.05, 3.63) is 32.6 Å². The molecule has 20 heavy (non-hydrogen) atoms. The van der Waals surface area contributed by atoms with Crippen LogP contribution >= 0.6 is 12.6 Å². The highest BCUT2D eigenvalue weighted by Gasteiger charge is 2.43. The van der Waals surface area contributed by atoms with Crippen LogP contribution in [0.4, 0.5) is 0 Å². The monoisotopic (exact) mass is 304 g/mol. The van der Waals surface area contributed by atoms with Gasteiger partial charge in [-0.05, 0) is 12.2 Å². The SMILES string of the molecule is O=c1[nH]c(=O)n([C@@H]2O[C@H](CO)[C@@H](O)[C@H]2O)cc1CCS. The number of aliphatic hydroxyl groups excluding tert-OH is 3. The third kappa shape index (κ3) is 2.67. The molecule has 2 heterocycles. The second kappa shape index (κ2) is 6.10. The van der Waals surface area contributed by atoms with Gasteiger partial charge >= 0.3 is 5.69 Å².